The first-order valence-electron chi connectivity index (χ1n) is 7.52. The molecule has 1 fully saturated rings. The third kappa shape index (κ3) is 4.15. The molecule has 1 saturated carbocycles. The van der Waals surface area contributed by atoms with E-state index < -0.39 is 5.97 Å². The third-order valence-electron chi connectivity index (χ3n) is 4.09. The summed E-state index contributed by atoms with van der Waals surface area (Å²) in [4.78, 5) is 15.1. The van der Waals surface area contributed by atoms with Gasteiger partial charge in [0.15, 0.2) is 0 Å². The minimum atomic E-state index is -1.25. The van der Waals surface area contributed by atoms with Gasteiger partial charge in [0.1, 0.15) is 11.8 Å². The van der Waals surface area contributed by atoms with Gasteiger partial charge in [0, 0.05) is 17.3 Å². The molecule has 2 aromatic rings. The molecule has 0 bridgehead atoms. The molecule has 6 heteroatoms. The van der Waals surface area contributed by atoms with Crippen molar-refractivity contribution in [2.75, 3.05) is 6.61 Å². The van der Waals surface area contributed by atoms with Gasteiger partial charge < -0.3 is 14.6 Å². The number of ether oxygens (including phenoxy) is 1. The standard InChI is InChI=1S/C18H16N2O3.Na/c19-10-15-8-13(16-9-14(18(21)22)6-7-20-16)4-5-17(15)23-11-12-2-1-3-12;/h4-9,12H,1-3,11H2,(H,21,22);/q;+1/p-1. The molecule has 1 aromatic carbocycles. The van der Waals surface area contributed by atoms with Crippen LogP contribution in [0.3, 0.4) is 0 Å². The van der Waals surface area contributed by atoms with Crippen LogP contribution in [-0.4, -0.2) is 17.6 Å². The number of carbonyl (C=O) groups excluding carboxylic acids is 1. The van der Waals surface area contributed by atoms with Crippen molar-refractivity contribution in [3.63, 3.8) is 0 Å². The predicted octanol–water partition coefficient (Wildman–Crippen LogP) is -0.833. The van der Waals surface area contributed by atoms with Gasteiger partial charge in [-0.3, -0.25) is 4.98 Å². The van der Waals surface area contributed by atoms with Gasteiger partial charge >= 0.3 is 29.6 Å². The molecule has 0 saturated heterocycles. The first-order valence-corrected chi connectivity index (χ1v) is 7.52. The molecule has 1 aliphatic rings. The Morgan fingerprint density at radius 3 is 2.75 bits per heavy atom. The van der Waals surface area contributed by atoms with Crippen LogP contribution in [0.25, 0.3) is 11.3 Å². The molecule has 0 spiro atoms. The van der Waals surface area contributed by atoms with Gasteiger partial charge in [-0.25, -0.2) is 0 Å². The number of nitriles is 1. The number of hydrogen-bond acceptors (Lipinski definition) is 5. The Morgan fingerprint density at radius 2 is 2.12 bits per heavy atom. The fraction of sp³-hybridized carbons (Fsp3) is 0.278. The molecule has 1 aromatic heterocycles. The first-order chi connectivity index (χ1) is 11.2. The maximum absolute atomic E-state index is 10.9. The first kappa shape index (κ1) is 18.5. The minimum Gasteiger partial charge on any atom is -0.545 e. The van der Waals surface area contributed by atoms with Gasteiger partial charge in [-0.2, -0.15) is 5.26 Å². The maximum Gasteiger partial charge on any atom is 1.00 e. The van der Waals surface area contributed by atoms with Crippen LogP contribution in [0.15, 0.2) is 36.5 Å². The van der Waals surface area contributed by atoms with Crippen molar-refractivity contribution in [2.45, 2.75) is 19.3 Å². The summed E-state index contributed by atoms with van der Waals surface area (Å²) in [7, 11) is 0. The van der Waals surface area contributed by atoms with E-state index in [9.17, 15) is 15.2 Å². The summed E-state index contributed by atoms with van der Waals surface area (Å²) >= 11 is 0. The van der Waals surface area contributed by atoms with E-state index in [1.54, 1.807) is 18.2 Å². The summed E-state index contributed by atoms with van der Waals surface area (Å²) < 4.78 is 5.74. The van der Waals surface area contributed by atoms with Crippen LogP contribution in [0.2, 0.25) is 0 Å². The number of aromatic nitrogens is 1. The number of benzene rings is 1. The van der Waals surface area contributed by atoms with Gasteiger partial charge in [-0.05, 0) is 49.1 Å². The zero-order chi connectivity index (χ0) is 16.2. The van der Waals surface area contributed by atoms with Gasteiger partial charge in [0.25, 0.3) is 0 Å². The van der Waals surface area contributed by atoms with E-state index in [-0.39, 0.29) is 35.1 Å². The fourth-order valence-corrected chi connectivity index (χ4v) is 2.49. The van der Waals surface area contributed by atoms with Crippen LogP contribution in [0.5, 0.6) is 5.75 Å². The second-order valence-electron chi connectivity index (χ2n) is 5.65. The monoisotopic (exact) mass is 330 g/mol. The molecule has 0 aliphatic heterocycles. The predicted molar refractivity (Wildman–Crippen MR) is 81.6 cm³/mol. The van der Waals surface area contributed by atoms with Gasteiger partial charge in [-0.15, -0.1) is 0 Å². The number of nitrogens with zero attached hydrogens (tertiary/aromatic N) is 2. The number of carboxylic acid groups (broad SMARTS) is 1. The normalized spacial score (nSPS) is 13.3. The Hall–Kier alpha value is -1.87. The Balaban J connectivity index is 0.00000208. The topological polar surface area (TPSA) is 86.0 Å². The Morgan fingerprint density at radius 1 is 1.33 bits per heavy atom. The van der Waals surface area contributed by atoms with Gasteiger partial charge in [0.2, 0.25) is 0 Å². The van der Waals surface area contributed by atoms with E-state index in [2.05, 4.69) is 11.1 Å². The molecule has 1 aliphatic carbocycles. The van der Waals surface area contributed by atoms with Crippen LogP contribution < -0.4 is 39.4 Å². The van der Waals surface area contributed by atoms with Crippen LogP contribution in [0.1, 0.15) is 35.2 Å². The number of carbonyl (C=O) groups is 1. The Kier molecular flexibility index (Phi) is 6.38. The third-order valence-corrected chi connectivity index (χ3v) is 4.09. The Bertz CT molecular complexity index is 782. The summed E-state index contributed by atoms with van der Waals surface area (Å²) in [5.41, 5.74) is 1.62. The molecule has 3 rings (SSSR count). The molecular formula is C18H15N2NaO3. The van der Waals surface area contributed by atoms with Crippen molar-refractivity contribution >= 4 is 5.97 Å². The second-order valence-corrected chi connectivity index (χ2v) is 5.65. The zero-order valence-corrected chi connectivity index (χ0v) is 15.5. The zero-order valence-electron chi connectivity index (χ0n) is 13.5. The number of hydrogen-bond donors (Lipinski definition) is 0. The fourth-order valence-electron chi connectivity index (χ4n) is 2.49. The molecule has 0 radical (unpaired) electrons. The summed E-state index contributed by atoms with van der Waals surface area (Å²) in [5.74, 6) is -0.114. The summed E-state index contributed by atoms with van der Waals surface area (Å²) in [6.07, 6.45) is 5.02. The van der Waals surface area contributed by atoms with Crippen molar-refractivity contribution in [2.24, 2.45) is 5.92 Å². The smallest absolute Gasteiger partial charge is 0.545 e. The van der Waals surface area contributed by atoms with Crippen LogP contribution in [-0.2, 0) is 0 Å². The number of pyridine rings is 1. The van der Waals surface area contributed by atoms with Crippen LogP contribution in [0.4, 0.5) is 0 Å². The van der Waals surface area contributed by atoms with E-state index >= 15 is 0 Å². The van der Waals surface area contributed by atoms with Gasteiger partial charge in [0.05, 0.1) is 23.8 Å². The quantitative estimate of drug-likeness (QED) is 0.668. The van der Waals surface area contributed by atoms with E-state index in [1.165, 1.54) is 37.6 Å². The van der Waals surface area contributed by atoms with Gasteiger partial charge in [-0.1, -0.05) is 6.42 Å². The van der Waals surface area contributed by atoms with Crippen LogP contribution in [0, 0.1) is 17.2 Å². The van der Waals surface area contributed by atoms with E-state index in [4.69, 9.17) is 4.74 Å². The molecular weight excluding hydrogens is 315 g/mol. The molecule has 116 valence electrons. The number of rotatable bonds is 5. The molecule has 1 heterocycles. The minimum absolute atomic E-state index is 0. The average Bonchev–Trinajstić information content (AvgIpc) is 2.53. The van der Waals surface area contributed by atoms with E-state index in [0.29, 0.717) is 35.1 Å². The molecule has 24 heavy (non-hydrogen) atoms. The maximum atomic E-state index is 10.9. The van der Waals surface area contributed by atoms with Crippen molar-refractivity contribution in [1.82, 2.24) is 4.98 Å². The summed E-state index contributed by atoms with van der Waals surface area (Å²) in [6, 6.07) is 10.1. The summed E-state index contributed by atoms with van der Waals surface area (Å²) in [5, 5.41) is 20.2. The molecule has 5 nitrogen and oxygen atoms in total. The number of carboxylic acids is 1. The van der Waals surface area contributed by atoms with E-state index in [0.717, 1.165) is 0 Å². The SMILES string of the molecule is N#Cc1cc(-c2cc(C(=O)[O-])ccn2)ccc1OCC1CCC1.[Na+]. The van der Waals surface area contributed by atoms with Crippen molar-refractivity contribution in [3.8, 4) is 23.1 Å². The second kappa shape index (κ2) is 8.29. The molecule has 0 unspecified atom stereocenters. The average molecular weight is 330 g/mol. The number of aromatic carboxylic acids is 1. The molecule has 0 N–H and O–H groups in total. The molecule has 0 amide bonds. The largest absolute Gasteiger partial charge is 1.00 e. The van der Waals surface area contributed by atoms with Crippen molar-refractivity contribution < 1.29 is 44.2 Å². The van der Waals surface area contributed by atoms with E-state index in [1.807, 2.05) is 0 Å². The molecule has 0 atom stereocenters. The summed E-state index contributed by atoms with van der Waals surface area (Å²) in [6.45, 7) is 0.631. The van der Waals surface area contributed by atoms with Crippen molar-refractivity contribution in [1.29, 1.82) is 5.26 Å². The van der Waals surface area contributed by atoms with Crippen molar-refractivity contribution in [3.05, 3.63) is 47.7 Å². The Labute approximate surface area is 162 Å². The van der Waals surface area contributed by atoms with Crippen LogP contribution >= 0.6 is 0 Å².